The van der Waals surface area contributed by atoms with Crippen molar-refractivity contribution in [2.24, 2.45) is 5.92 Å². The van der Waals surface area contributed by atoms with E-state index in [1.807, 2.05) is 24.3 Å². The van der Waals surface area contributed by atoms with E-state index in [9.17, 15) is 9.59 Å². The first-order valence-electron chi connectivity index (χ1n) is 6.52. The average Bonchev–Trinajstić information content (AvgIpc) is 2.62. The van der Waals surface area contributed by atoms with Crippen LogP contribution in [0.25, 0.3) is 0 Å². The van der Waals surface area contributed by atoms with Crippen molar-refractivity contribution < 1.29 is 14.3 Å². The summed E-state index contributed by atoms with van der Waals surface area (Å²) in [7, 11) is 0. The van der Waals surface area contributed by atoms with Gasteiger partial charge in [-0.2, -0.15) is 0 Å². The number of imide groups is 1. The van der Waals surface area contributed by atoms with Gasteiger partial charge < -0.3 is 4.74 Å². The molecule has 1 aromatic carbocycles. The summed E-state index contributed by atoms with van der Waals surface area (Å²) in [6.07, 6.45) is 0.203. The highest BCUT2D eigenvalue weighted by atomic mass is 16.6. The molecule has 4 heteroatoms. The summed E-state index contributed by atoms with van der Waals surface area (Å²) in [4.78, 5) is 25.4. The minimum atomic E-state index is -0.583. The summed E-state index contributed by atoms with van der Waals surface area (Å²) in [5.74, 6) is -0.194. The van der Waals surface area contributed by atoms with E-state index in [4.69, 9.17) is 4.74 Å². The summed E-state index contributed by atoms with van der Waals surface area (Å²) >= 11 is 0. The maximum atomic E-state index is 12.1. The Bertz CT molecular complexity index is 559. The summed E-state index contributed by atoms with van der Waals surface area (Å²) in [6.45, 7) is 5.40. The number of hydrogen-bond acceptors (Lipinski definition) is 3. The van der Waals surface area contributed by atoms with Gasteiger partial charge in [0, 0.05) is 0 Å². The SMILES string of the molecule is CC(C)(C)OC(=O)N1C(=O)C2Cc3ccccc3C21. The molecule has 2 amide bonds. The summed E-state index contributed by atoms with van der Waals surface area (Å²) in [5.41, 5.74) is 1.66. The third-order valence-electron chi connectivity index (χ3n) is 3.62. The van der Waals surface area contributed by atoms with Gasteiger partial charge in [-0.15, -0.1) is 0 Å². The first kappa shape index (κ1) is 12.2. The molecule has 2 atom stereocenters. The highest BCUT2D eigenvalue weighted by Gasteiger charge is 2.56. The quantitative estimate of drug-likeness (QED) is 0.673. The molecule has 2 unspecified atom stereocenters. The second kappa shape index (κ2) is 3.83. The van der Waals surface area contributed by atoms with Crippen LogP contribution in [0.5, 0.6) is 0 Å². The van der Waals surface area contributed by atoms with E-state index in [2.05, 4.69) is 0 Å². The Kier molecular flexibility index (Phi) is 2.46. The van der Waals surface area contributed by atoms with Crippen LogP contribution in [0.3, 0.4) is 0 Å². The molecule has 0 aromatic heterocycles. The smallest absolute Gasteiger partial charge is 0.417 e. The van der Waals surface area contributed by atoms with E-state index in [-0.39, 0.29) is 17.9 Å². The van der Waals surface area contributed by atoms with E-state index in [1.54, 1.807) is 20.8 Å². The molecule has 1 aromatic rings. The number of fused-ring (bicyclic) bond motifs is 3. The maximum Gasteiger partial charge on any atom is 0.417 e. The van der Waals surface area contributed by atoms with E-state index in [0.29, 0.717) is 0 Å². The van der Waals surface area contributed by atoms with Gasteiger partial charge in [-0.05, 0) is 38.3 Å². The fraction of sp³-hybridized carbons (Fsp3) is 0.467. The molecule has 100 valence electrons. The first-order chi connectivity index (χ1) is 8.88. The second-order valence-electron chi connectivity index (χ2n) is 6.14. The van der Waals surface area contributed by atoms with Gasteiger partial charge in [-0.3, -0.25) is 4.79 Å². The molecule has 3 rings (SSSR count). The highest BCUT2D eigenvalue weighted by Crippen LogP contribution is 2.49. The zero-order chi connectivity index (χ0) is 13.8. The molecule has 1 heterocycles. The van der Waals surface area contributed by atoms with Crippen LogP contribution < -0.4 is 0 Å². The first-order valence-corrected chi connectivity index (χ1v) is 6.52. The minimum absolute atomic E-state index is 0.0788. The number of carbonyl (C=O) groups excluding carboxylic acids is 2. The van der Waals surface area contributed by atoms with Gasteiger partial charge >= 0.3 is 6.09 Å². The van der Waals surface area contributed by atoms with Crippen molar-refractivity contribution in [1.29, 1.82) is 0 Å². The van der Waals surface area contributed by atoms with Gasteiger partial charge in [-0.1, -0.05) is 24.3 Å². The lowest BCUT2D eigenvalue weighted by atomic mass is 9.89. The largest absolute Gasteiger partial charge is 0.443 e. The molecule has 4 nitrogen and oxygen atoms in total. The molecule has 1 fully saturated rings. The molecule has 1 aliphatic heterocycles. The molecular formula is C15H17NO3. The Hall–Kier alpha value is -1.84. The number of hydrogen-bond donors (Lipinski definition) is 0. The van der Waals surface area contributed by atoms with Gasteiger partial charge in [0.25, 0.3) is 0 Å². The predicted molar refractivity (Wildman–Crippen MR) is 69.5 cm³/mol. The number of benzene rings is 1. The third kappa shape index (κ3) is 1.82. The van der Waals surface area contributed by atoms with Gasteiger partial charge in [-0.25, -0.2) is 9.69 Å². The second-order valence-corrected chi connectivity index (χ2v) is 6.14. The standard InChI is InChI=1S/C15H17NO3/c1-15(2,3)19-14(18)16-12-10-7-5-4-6-9(10)8-11(12)13(16)17/h4-7,11-12H,8H2,1-3H3. The highest BCUT2D eigenvalue weighted by molar-refractivity contribution is 6.00. The number of ether oxygens (including phenoxy) is 1. The Labute approximate surface area is 112 Å². The summed E-state index contributed by atoms with van der Waals surface area (Å²) < 4.78 is 5.30. The zero-order valence-corrected chi connectivity index (χ0v) is 11.3. The van der Waals surface area contributed by atoms with Gasteiger partial charge in [0.2, 0.25) is 5.91 Å². The lowest BCUT2D eigenvalue weighted by molar-refractivity contribution is -0.152. The van der Waals surface area contributed by atoms with Crippen LogP contribution in [0.15, 0.2) is 24.3 Å². The number of nitrogens with zero attached hydrogens (tertiary/aromatic N) is 1. The van der Waals surface area contributed by atoms with Crippen molar-refractivity contribution >= 4 is 12.0 Å². The predicted octanol–water partition coefficient (Wildman–Crippen LogP) is 2.68. The summed E-state index contributed by atoms with van der Waals surface area (Å²) in [6, 6.07) is 7.79. The van der Waals surface area contributed by atoms with Crippen LogP contribution in [0.4, 0.5) is 4.79 Å². The zero-order valence-electron chi connectivity index (χ0n) is 11.3. The Balaban J connectivity index is 1.86. The Morgan fingerprint density at radius 1 is 1.32 bits per heavy atom. The number of carbonyl (C=O) groups is 2. The minimum Gasteiger partial charge on any atom is -0.443 e. The van der Waals surface area contributed by atoms with Crippen LogP contribution in [-0.4, -0.2) is 22.5 Å². The molecule has 0 spiro atoms. The molecule has 0 N–H and O–H groups in total. The van der Waals surface area contributed by atoms with E-state index >= 15 is 0 Å². The number of likely N-dealkylation sites (tertiary alicyclic amines) is 1. The molecule has 0 bridgehead atoms. The van der Waals surface area contributed by atoms with E-state index in [0.717, 1.165) is 17.5 Å². The molecule has 1 saturated heterocycles. The molecule has 0 saturated carbocycles. The normalized spacial score (nSPS) is 24.6. The van der Waals surface area contributed by atoms with Gasteiger partial charge in [0.15, 0.2) is 0 Å². The van der Waals surface area contributed by atoms with Crippen LogP contribution in [0.1, 0.15) is 37.9 Å². The van der Waals surface area contributed by atoms with Gasteiger partial charge in [0.05, 0.1) is 12.0 Å². The van der Waals surface area contributed by atoms with Crippen molar-refractivity contribution in [3.63, 3.8) is 0 Å². The van der Waals surface area contributed by atoms with Crippen molar-refractivity contribution in [2.45, 2.75) is 38.8 Å². The number of amides is 2. The number of rotatable bonds is 0. The monoisotopic (exact) mass is 259 g/mol. The van der Waals surface area contributed by atoms with Crippen LogP contribution >= 0.6 is 0 Å². The van der Waals surface area contributed by atoms with Crippen molar-refractivity contribution in [2.75, 3.05) is 0 Å². The van der Waals surface area contributed by atoms with E-state index in [1.165, 1.54) is 4.90 Å². The molecule has 0 radical (unpaired) electrons. The third-order valence-corrected chi connectivity index (χ3v) is 3.62. The van der Waals surface area contributed by atoms with Crippen LogP contribution in [-0.2, 0) is 16.0 Å². The van der Waals surface area contributed by atoms with Crippen molar-refractivity contribution in [1.82, 2.24) is 4.90 Å². The molecule has 19 heavy (non-hydrogen) atoms. The van der Waals surface area contributed by atoms with Gasteiger partial charge in [0.1, 0.15) is 5.60 Å². The lowest BCUT2D eigenvalue weighted by Gasteiger charge is -2.42. The van der Waals surface area contributed by atoms with Crippen molar-refractivity contribution in [3.05, 3.63) is 35.4 Å². The maximum absolute atomic E-state index is 12.1. The van der Waals surface area contributed by atoms with Crippen LogP contribution in [0, 0.1) is 5.92 Å². The fourth-order valence-corrected chi connectivity index (χ4v) is 2.86. The average molecular weight is 259 g/mol. The molecular weight excluding hydrogens is 242 g/mol. The molecule has 1 aliphatic carbocycles. The van der Waals surface area contributed by atoms with Crippen molar-refractivity contribution in [3.8, 4) is 0 Å². The van der Waals surface area contributed by atoms with Crippen LogP contribution in [0.2, 0.25) is 0 Å². The number of β-lactam (4-membered cyclic amide) rings is 1. The Morgan fingerprint density at radius 2 is 2.00 bits per heavy atom. The Morgan fingerprint density at radius 3 is 2.68 bits per heavy atom. The molecule has 2 aliphatic rings. The van der Waals surface area contributed by atoms with E-state index < -0.39 is 11.7 Å². The fourth-order valence-electron chi connectivity index (χ4n) is 2.86. The lowest BCUT2D eigenvalue weighted by Crippen LogP contribution is -2.57. The topological polar surface area (TPSA) is 46.6 Å². The summed E-state index contributed by atoms with van der Waals surface area (Å²) in [5, 5.41) is 0.